The van der Waals surface area contributed by atoms with Gasteiger partial charge in [0.15, 0.2) is 0 Å². The minimum atomic E-state index is -3.90. The number of nitriles is 1. The van der Waals surface area contributed by atoms with Crippen LogP contribution in [0.5, 0.6) is 0 Å². The first kappa shape index (κ1) is 16.9. The average molecular weight is 369 g/mol. The Morgan fingerprint density at radius 2 is 2.21 bits per heavy atom. The molecule has 1 unspecified atom stereocenters. The zero-order chi connectivity index (χ0) is 17.3. The van der Waals surface area contributed by atoms with Gasteiger partial charge in [0.05, 0.1) is 12.2 Å². The monoisotopic (exact) mass is 368 g/mol. The maximum absolute atomic E-state index is 12.9. The van der Waals surface area contributed by atoms with Gasteiger partial charge < -0.3 is 9.15 Å². The third-order valence-electron chi connectivity index (χ3n) is 3.53. The smallest absolute Gasteiger partial charge is 0.246 e. The molecule has 0 aliphatic carbocycles. The van der Waals surface area contributed by atoms with Crippen LogP contribution in [0.1, 0.15) is 23.4 Å². The second-order valence-electron chi connectivity index (χ2n) is 5.13. The number of morpholine rings is 1. The summed E-state index contributed by atoms with van der Waals surface area (Å²) in [5.74, 6) is 0.592. The van der Waals surface area contributed by atoms with Crippen molar-refractivity contribution in [2.45, 2.75) is 17.9 Å². The Bertz CT molecular complexity index is 906. The molecule has 1 aliphatic rings. The Kier molecular flexibility index (Phi) is 4.56. The van der Waals surface area contributed by atoms with Gasteiger partial charge in [0, 0.05) is 25.0 Å². The number of benzene rings is 1. The van der Waals surface area contributed by atoms with E-state index >= 15 is 0 Å². The second-order valence-corrected chi connectivity index (χ2v) is 7.48. The summed E-state index contributed by atoms with van der Waals surface area (Å²) in [5.41, 5.74) is 0.0380. The molecule has 10 heteroatoms. The number of aryl methyl sites for hydroxylation is 1. The van der Waals surface area contributed by atoms with E-state index in [1.54, 1.807) is 6.92 Å². The summed E-state index contributed by atoms with van der Waals surface area (Å²) >= 11 is 5.90. The SMILES string of the molecule is Cc1nnc(C2CN(S(=O)(=O)c3cc(Cl)ccc3C#N)CCO2)o1. The summed E-state index contributed by atoms with van der Waals surface area (Å²) in [6.45, 7) is 1.98. The van der Waals surface area contributed by atoms with Gasteiger partial charge in [-0.3, -0.25) is 0 Å². The van der Waals surface area contributed by atoms with Gasteiger partial charge in [-0.05, 0) is 18.2 Å². The maximum Gasteiger partial charge on any atom is 0.246 e. The highest BCUT2D eigenvalue weighted by Crippen LogP contribution is 2.28. The molecule has 3 rings (SSSR count). The van der Waals surface area contributed by atoms with E-state index in [2.05, 4.69) is 10.2 Å². The molecule has 0 bridgehead atoms. The number of hydrogen-bond donors (Lipinski definition) is 0. The quantitative estimate of drug-likeness (QED) is 0.810. The highest BCUT2D eigenvalue weighted by Gasteiger charge is 2.35. The first-order valence-electron chi connectivity index (χ1n) is 7.03. The molecule has 0 N–H and O–H groups in total. The van der Waals surface area contributed by atoms with Crippen LogP contribution in [0.4, 0.5) is 0 Å². The number of halogens is 1. The molecule has 0 spiro atoms. The Morgan fingerprint density at radius 3 is 2.88 bits per heavy atom. The normalized spacial score (nSPS) is 19.1. The zero-order valence-electron chi connectivity index (χ0n) is 12.6. The average Bonchev–Trinajstić information content (AvgIpc) is 3.01. The van der Waals surface area contributed by atoms with Crippen LogP contribution >= 0.6 is 11.6 Å². The van der Waals surface area contributed by atoms with E-state index in [-0.39, 0.29) is 41.1 Å². The molecule has 2 heterocycles. The largest absolute Gasteiger partial charge is 0.423 e. The first-order valence-corrected chi connectivity index (χ1v) is 8.85. The highest BCUT2D eigenvalue weighted by atomic mass is 35.5. The van der Waals surface area contributed by atoms with Crippen LogP contribution in [-0.2, 0) is 14.8 Å². The molecule has 0 saturated carbocycles. The third kappa shape index (κ3) is 3.14. The zero-order valence-corrected chi connectivity index (χ0v) is 14.2. The molecule has 1 aromatic carbocycles. The molecule has 126 valence electrons. The molecule has 1 saturated heterocycles. The van der Waals surface area contributed by atoms with Crippen molar-refractivity contribution in [1.29, 1.82) is 5.26 Å². The van der Waals surface area contributed by atoms with Gasteiger partial charge in [0.1, 0.15) is 17.1 Å². The van der Waals surface area contributed by atoms with Gasteiger partial charge in [-0.2, -0.15) is 9.57 Å². The predicted molar refractivity (Wildman–Crippen MR) is 82.7 cm³/mol. The fourth-order valence-electron chi connectivity index (χ4n) is 2.38. The van der Waals surface area contributed by atoms with Gasteiger partial charge in [-0.1, -0.05) is 11.6 Å². The van der Waals surface area contributed by atoms with Crippen LogP contribution in [0.25, 0.3) is 0 Å². The van der Waals surface area contributed by atoms with Crippen LogP contribution in [0.15, 0.2) is 27.5 Å². The van der Waals surface area contributed by atoms with Crippen molar-refractivity contribution in [3.63, 3.8) is 0 Å². The van der Waals surface area contributed by atoms with Crippen LogP contribution in [0.2, 0.25) is 5.02 Å². The molecule has 1 fully saturated rings. The van der Waals surface area contributed by atoms with Crippen LogP contribution < -0.4 is 0 Å². The van der Waals surface area contributed by atoms with Gasteiger partial charge in [-0.25, -0.2) is 8.42 Å². The Morgan fingerprint density at radius 1 is 1.42 bits per heavy atom. The van der Waals surface area contributed by atoms with Crippen molar-refractivity contribution >= 4 is 21.6 Å². The van der Waals surface area contributed by atoms with Crippen molar-refractivity contribution in [2.75, 3.05) is 19.7 Å². The fourth-order valence-corrected chi connectivity index (χ4v) is 4.21. The summed E-state index contributed by atoms with van der Waals surface area (Å²) in [4.78, 5) is -0.125. The molecule has 1 aromatic heterocycles. The van der Waals surface area contributed by atoms with Gasteiger partial charge in [0.2, 0.25) is 21.8 Å². The van der Waals surface area contributed by atoms with E-state index in [9.17, 15) is 8.42 Å². The molecule has 2 aromatic rings. The Labute approximate surface area is 143 Å². The number of nitrogens with zero attached hydrogens (tertiary/aromatic N) is 4. The molecule has 24 heavy (non-hydrogen) atoms. The highest BCUT2D eigenvalue weighted by molar-refractivity contribution is 7.89. The Balaban J connectivity index is 1.93. The van der Waals surface area contributed by atoms with Crippen LogP contribution in [0, 0.1) is 18.3 Å². The van der Waals surface area contributed by atoms with E-state index in [1.165, 1.54) is 22.5 Å². The molecule has 0 amide bonds. The minimum Gasteiger partial charge on any atom is -0.423 e. The molecule has 1 aliphatic heterocycles. The van der Waals surface area contributed by atoms with Gasteiger partial charge >= 0.3 is 0 Å². The van der Waals surface area contributed by atoms with Crippen molar-refractivity contribution in [3.8, 4) is 6.07 Å². The van der Waals surface area contributed by atoms with E-state index in [1.807, 2.05) is 6.07 Å². The third-order valence-corrected chi connectivity index (χ3v) is 5.67. The van der Waals surface area contributed by atoms with E-state index in [0.717, 1.165) is 0 Å². The second kappa shape index (κ2) is 6.49. The van der Waals surface area contributed by atoms with Gasteiger partial charge in [0.25, 0.3) is 0 Å². The predicted octanol–water partition coefficient (Wildman–Crippen LogP) is 1.67. The molecule has 0 radical (unpaired) electrons. The van der Waals surface area contributed by atoms with E-state index in [0.29, 0.717) is 5.89 Å². The molecule has 8 nitrogen and oxygen atoms in total. The topological polar surface area (TPSA) is 109 Å². The summed E-state index contributed by atoms with van der Waals surface area (Å²) in [5, 5.41) is 17.0. The number of ether oxygens (including phenoxy) is 1. The minimum absolute atomic E-state index is 0.0152. The lowest BCUT2D eigenvalue weighted by molar-refractivity contribution is -0.0176. The van der Waals surface area contributed by atoms with Crippen molar-refractivity contribution in [2.24, 2.45) is 0 Å². The van der Waals surface area contributed by atoms with Gasteiger partial charge in [-0.15, -0.1) is 10.2 Å². The van der Waals surface area contributed by atoms with E-state index in [4.69, 9.17) is 26.0 Å². The maximum atomic E-state index is 12.9. The molecular weight excluding hydrogens is 356 g/mol. The fraction of sp³-hybridized carbons (Fsp3) is 0.357. The lowest BCUT2D eigenvalue weighted by Crippen LogP contribution is -2.42. The van der Waals surface area contributed by atoms with E-state index < -0.39 is 16.1 Å². The summed E-state index contributed by atoms with van der Waals surface area (Å²) in [6.07, 6.45) is -0.653. The number of hydrogen-bond acceptors (Lipinski definition) is 7. The molecular formula is C14H13ClN4O4S. The number of sulfonamides is 1. The standard InChI is InChI=1S/C14H13ClN4O4S/c1-9-17-18-14(23-9)12-8-19(4-5-22-12)24(20,21)13-6-11(15)3-2-10(13)7-16/h2-3,6,12H,4-5,8H2,1H3. The van der Waals surface area contributed by atoms with Crippen LogP contribution in [-0.4, -0.2) is 42.6 Å². The molecule has 1 atom stereocenters. The lowest BCUT2D eigenvalue weighted by Gasteiger charge is -2.30. The lowest BCUT2D eigenvalue weighted by atomic mass is 10.2. The number of rotatable bonds is 3. The summed E-state index contributed by atoms with van der Waals surface area (Å²) < 4.78 is 37.9. The van der Waals surface area contributed by atoms with Crippen molar-refractivity contribution < 1.29 is 17.6 Å². The summed E-state index contributed by atoms with van der Waals surface area (Å²) in [7, 11) is -3.90. The first-order chi connectivity index (χ1) is 11.4. The van der Waals surface area contributed by atoms with Crippen molar-refractivity contribution in [1.82, 2.24) is 14.5 Å². The van der Waals surface area contributed by atoms with Crippen LogP contribution in [0.3, 0.4) is 0 Å². The number of aromatic nitrogens is 2. The Hall–Kier alpha value is -1.99. The summed E-state index contributed by atoms with van der Waals surface area (Å²) in [6, 6.07) is 6.01. The van der Waals surface area contributed by atoms with Crippen molar-refractivity contribution in [3.05, 3.63) is 40.6 Å².